The fraction of sp³-hybridized carbons (Fsp3) is 0.471. The minimum atomic E-state index is -0.608. The fourth-order valence-electron chi connectivity index (χ4n) is 2.07. The van der Waals surface area contributed by atoms with Gasteiger partial charge >= 0.3 is 12.1 Å². The predicted molar refractivity (Wildman–Crippen MR) is 93.5 cm³/mol. The van der Waals surface area contributed by atoms with Gasteiger partial charge in [0.1, 0.15) is 5.60 Å². The number of ether oxygens (including phenoxy) is 2. The Bertz CT molecular complexity index is 767. The second-order valence-corrected chi connectivity index (χ2v) is 6.60. The molecule has 1 amide bonds. The maximum Gasteiger partial charge on any atom is 0.412 e. The van der Waals surface area contributed by atoms with Gasteiger partial charge in [-0.15, -0.1) is 5.10 Å². The van der Waals surface area contributed by atoms with Crippen molar-refractivity contribution in [2.75, 3.05) is 5.32 Å². The molecule has 0 bridgehead atoms. The van der Waals surface area contributed by atoms with E-state index in [4.69, 9.17) is 9.47 Å². The zero-order chi connectivity index (χ0) is 19.2. The molecular weight excluding hydrogens is 338 g/mol. The van der Waals surface area contributed by atoms with Crippen LogP contribution in [0.25, 0.3) is 0 Å². The Morgan fingerprint density at radius 2 is 2.04 bits per heavy atom. The van der Waals surface area contributed by atoms with Crippen molar-refractivity contribution in [2.24, 2.45) is 0 Å². The first kappa shape index (κ1) is 19.4. The van der Waals surface area contributed by atoms with Gasteiger partial charge in [-0.25, -0.2) is 14.3 Å². The number of benzene rings is 1. The van der Waals surface area contributed by atoms with Crippen molar-refractivity contribution in [1.29, 1.82) is 0 Å². The molecule has 1 aromatic carbocycles. The lowest BCUT2D eigenvalue weighted by Gasteiger charge is -2.19. The third-order valence-corrected chi connectivity index (χ3v) is 3.12. The van der Waals surface area contributed by atoms with E-state index in [1.807, 2.05) is 6.92 Å². The Labute approximate surface area is 151 Å². The summed E-state index contributed by atoms with van der Waals surface area (Å²) in [5.41, 5.74) is 0.126. The van der Waals surface area contributed by atoms with Gasteiger partial charge in [0.2, 0.25) is 0 Å². The normalized spacial score (nSPS) is 11.1. The summed E-state index contributed by atoms with van der Waals surface area (Å²) in [5, 5.41) is 13.8. The van der Waals surface area contributed by atoms with Gasteiger partial charge in [-0.1, -0.05) is 13.0 Å². The summed E-state index contributed by atoms with van der Waals surface area (Å²) < 4.78 is 12.0. The van der Waals surface area contributed by atoms with Crippen molar-refractivity contribution < 1.29 is 19.1 Å². The SMILES string of the molecule is CCCn1nnnc1COC(=O)c1cccc(NC(=O)OC(C)(C)C)c1. The van der Waals surface area contributed by atoms with Crippen LogP contribution in [0.3, 0.4) is 0 Å². The average molecular weight is 361 g/mol. The molecule has 0 unspecified atom stereocenters. The number of aryl methyl sites for hydroxylation is 1. The van der Waals surface area contributed by atoms with Crippen LogP contribution in [0.2, 0.25) is 0 Å². The van der Waals surface area contributed by atoms with Crippen LogP contribution in [0.1, 0.15) is 50.3 Å². The Morgan fingerprint density at radius 3 is 2.73 bits per heavy atom. The van der Waals surface area contributed by atoms with Gasteiger partial charge in [0.15, 0.2) is 12.4 Å². The molecule has 2 rings (SSSR count). The first-order chi connectivity index (χ1) is 12.3. The van der Waals surface area contributed by atoms with Crippen LogP contribution in [0.5, 0.6) is 0 Å². The first-order valence-corrected chi connectivity index (χ1v) is 8.30. The molecule has 9 heteroatoms. The van der Waals surface area contributed by atoms with E-state index in [1.54, 1.807) is 43.7 Å². The van der Waals surface area contributed by atoms with E-state index in [9.17, 15) is 9.59 Å². The number of carbonyl (C=O) groups excluding carboxylic acids is 2. The first-order valence-electron chi connectivity index (χ1n) is 8.30. The summed E-state index contributed by atoms with van der Waals surface area (Å²) in [6.07, 6.45) is 0.270. The lowest BCUT2D eigenvalue weighted by Crippen LogP contribution is -2.27. The van der Waals surface area contributed by atoms with Crippen molar-refractivity contribution >= 4 is 17.7 Å². The molecule has 0 radical (unpaired) electrons. The number of hydrogen-bond donors (Lipinski definition) is 1. The molecule has 0 fully saturated rings. The lowest BCUT2D eigenvalue weighted by atomic mass is 10.2. The number of amides is 1. The van der Waals surface area contributed by atoms with Crippen LogP contribution in [0.4, 0.5) is 10.5 Å². The molecule has 2 aromatic rings. The quantitative estimate of drug-likeness (QED) is 0.788. The maximum absolute atomic E-state index is 12.2. The van der Waals surface area contributed by atoms with Gasteiger partial charge in [0, 0.05) is 12.2 Å². The number of esters is 1. The molecule has 140 valence electrons. The van der Waals surface area contributed by atoms with Gasteiger partial charge in [-0.05, 0) is 55.8 Å². The Morgan fingerprint density at radius 1 is 1.27 bits per heavy atom. The molecule has 0 saturated carbocycles. The molecule has 0 aliphatic heterocycles. The minimum Gasteiger partial charge on any atom is -0.454 e. The van der Waals surface area contributed by atoms with Crippen molar-refractivity contribution in [3.8, 4) is 0 Å². The van der Waals surface area contributed by atoms with Crippen LogP contribution < -0.4 is 5.32 Å². The van der Waals surface area contributed by atoms with Gasteiger partial charge in [0.05, 0.1) is 5.56 Å². The maximum atomic E-state index is 12.2. The van der Waals surface area contributed by atoms with Crippen molar-refractivity contribution in [3.63, 3.8) is 0 Å². The molecule has 9 nitrogen and oxygen atoms in total. The number of hydrogen-bond acceptors (Lipinski definition) is 7. The molecule has 26 heavy (non-hydrogen) atoms. The third kappa shape index (κ3) is 5.83. The number of aromatic nitrogens is 4. The van der Waals surface area contributed by atoms with E-state index in [2.05, 4.69) is 20.8 Å². The topological polar surface area (TPSA) is 108 Å². The second kappa shape index (κ2) is 8.41. The molecule has 0 aliphatic rings. The molecule has 0 aliphatic carbocycles. The summed E-state index contributed by atoms with van der Waals surface area (Å²) in [4.78, 5) is 24.0. The molecule has 0 saturated heterocycles. The van der Waals surface area contributed by atoms with E-state index in [0.29, 0.717) is 23.6 Å². The van der Waals surface area contributed by atoms with Crippen LogP contribution in [-0.2, 0) is 22.6 Å². The standard InChI is InChI=1S/C17H23N5O4/c1-5-9-22-14(19-20-21-22)11-25-15(23)12-7-6-8-13(10-12)18-16(24)26-17(2,3)4/h6-8,10H,5,9,11H2,1-4H3,(H,18,24). The number of rotatable bonds is 6. The fourth-order valence-corrected chi connectivity index (χ4v) is 2.07. The summed E-state index contributed by atoms with van der Waals surface area (Å²) in [6, 6.07) is 6.41. The summed E-state index contributed by atoms with van der Waals surface area (Å²) >= 11 is 0. The number of anilines is 1. The smallest absolute Gasteiger partial charge is 0.412 e. The highest BCUT2D eigenvalue weighted by Crippen LogP contribution is 2.15. The number of tetrazole rings is 1. The van der Waals surface area contributed by atoms with Gasteiger partial charge in [0.25, 0.3) is 0 Å². The summed E-state index contributed by atoms with van der Waals surface area (Å²) in [7, 11) is 0. The van der Waals surface area contributed by atoms with E-state index >= 15 is 0 Å². The minimum absolute atomic E-state index is 0.0322. The lowest BCUT2D eigenvalue weighted by molar-refractivity contribution is 0.0455. The zero-order valence-electron chi connectivity index (χ0n) is 15.4. The van der Waals surface area contributed by atoms with Crippen molar-refractivity contribution in [3.05, 3.63) is 35.7 Å². The zero-order valence-corrected chi connectivity index (χ0v) is 15.4. The Hall–Kier alpha value is -2.97. The molecule has 1 aromatic heterocycles. The van der Waals surface area contributed by atoms with E-state index < -0.39 is 17.7 Å². The van der Waals surface area contributed by atoms with Crippen LogP contribution >= 0.6 is 0 Å². The van der Waals surface area contributed by atoms with Crippen LogP contribution in [-0.4, -0.2) is 37.9 Å². The number of nitrogens with one attached hydrogen (secondary N) is 1. The largest absolute Gasteiger partial charge is 0.454 e. The number of nitrogens with zero attached hydrogens (tertiary/aromatic N) is 4. The summed E-state index contributed by atoms with van der Waals surface area (Å²) in [5.74, 6) is -0.0629. The number of carbonyl (C=O) groups is 2. The highest BCUT2D eigenvalue weighted by atomic mass is 16.6. The van der Waals surface area contributed by atoms with Crippen LogP contribution in [0.15, 0.2) is 24.3 Å². The van der Waals surface area contributed by atoms with E-state index in [-0.39, 0.29) is 6.61 Å². The monoisotopic (exact) mass is 361 g/mol. The molecule has 0 spiro atoms. The van der Waals surface area contributed by atoms with Crippen LogP contribution in [0, 0.1) is 0 Å². The van der Waals surface area contributed by atoms with Crippen molar-refractivity contribution in [1.82, 2.24) is 20.2 Å². The Balaban J connectivity index is 1.97. The van der Waals surface area contributed by atoms with Gasteiger partial charge in [-0.3, -0.25) is 5.32 Å². The molecule has 0 atom stereocenters. The van der Waals surface area contributed by atoms with Crippen molar-refractivity contribution in [2.45, 2.75) is 52.9 Å². The molecule has 1 heterocycles. The highest BCUT2D eigenvalue weighted by molar-refractivity contribution is 5.92. The Kier molecular flexibility index (Phi) is 6.26. The van der Waals surface area contributed by atoms with Gasteiger partial charge in [-0.2, -0.15) is 0 Å². The molecular formula is C17H23N5O4. The predicted octanol–water partition coefficient (Wildman–Crippen LogP) is 2.79. The molecule has 1 N–H and O–H groups in total. The highest BCUT2D eigenvalue weighted by Gasteiger charge is 2.17. The second-order valence-electron chi connectivity index (χ2n) is 6.60. The van der Waals surface area contributed by atoms with Gasteiger partial charge < -0.3 is 9.47 Å². The van der Waals surface area contributed by atoms with E-state index in [0.717, 1.165) is 6.42 Å². The summed E-state index contributed by atoms with van der Waals surface area (Å²) in [6.45, 7) is 7.93. The average Bonchev–Trinajstić information content (AvgIpc) is 2.98. The van der Waals surface area contributed by atoms with E-state index in [1.165, 1.54) is 6.07 Å². The third-order valence-electron chi connectivity index (χ3n) is 3.12.